The van der Waals surface area contributed by atoms with Gasteiger partial charge in [0, 0.05) is 12.3 Å². The number of hydrogen-bond donors (Lipinski definition) is 0. The van der Waals surface area contributed by atoms with Crippen LogP contribution in [0.25, 0.3) is 5.65 Å². The van der Waals surface area contributed by atoms with E-state index >= 15 is 4.39 Å². The van der Waals surface area contributed by atoms with E-state index in [0.717, 1.165) is 34.2 Å². The molecule has 0 N–H and O–H groups in total. The van der Waals surface area contributed by atoms with E-state index in [1.165, 1.54) is 19.9 Å². The molecule has 0 bridgehead atoms. The zero-order valence-electron chi connectivity index (χ0n) is 18.9. The monoisotopic (exact) mass is 521 g/mol. The molecule has 1 fully saturated rings. The number of anilines is 2. The maximum atomic E-state index is 15.0. The highest BCUT2D eigenvalue weighted by molar-refractivity contribution is 7.81. The van der Waals surface area contributed by atoms with Crippen LogP contribution in [0.5, 0.6) is 0 Å². The highest BCUT2D eigenvalue weighted by Gasteiger charge is 2.51. The maximum Gasteiger partial charge on any atom is 0.417 e. The molecule has 1 saturated heterocycles. The van der Waals surface area contributed by atoms with Crippen molar-refractivity contribution in [1.82, 2.24) is 9.38 Å². The first-order chi connectivity index (χ1) is 16.7. The van der Waals surface area contributed by atoms with E-state index in [2.05, 4.69) is 4.98 Å². The van der Waals surface area contributed by atoms with Crippen molar-refractivity contribution in [2.24, 2.45) is 0 Å². The Morgan fingerprint density at radius 2 is 1.81 bits per heavy atom. The second-order valence-electron chi connectivity index (χ2n) is 8.43. The molecule has 3 heterocycles. The van der Waals surface area contributed by atoms with E-state index in [1.807, 2.05) is 0 Å². The summed E-state index contributed by atoms with van der Waals surface area (Å²) in [5, 5.41) is 8.73. The molecule has 0 spiro atoms. The van der Waals surface area contributed by atoms with Crippen LogP contribution in [0.2, 0.25) is 0 Å². The Labute approximate surface area is 206 Å². The van der Waals surface area contributed by atoms with Crippen molar-refractivity contribution in [3.8, 4) is 6.07 Å². The van der Waals surface area contributed by atoms with Crippen LogP contribution in [0.1, 0.15) is 37.6 Å². The van der Waals surface area contributed by atoms with Gasteiger partial charge < -0.3 is 4.90 Å². The number of fused-ring (bicyclic) bond motifs is 1. The van der Waals surface area contributed by atoms with Crippen LogP contribution in [0.3, 0.4) is 0 Å². The van der Waals surface area contributed by atoms with Gasteiger partial charge in [-0.15, -0.1) is 0 Å². The van der Waals surface area contributed by atoms with E-state index < -0.39 is 51.6 Å². The number of carbonyl (C=O) groups is 1. The molecule has 1 aromatic carbocycles. The molecule has 1 amide bonds. The Bertz CT molecular complexity index is 1560. The zero-order chi connectivity index (χ0) is 26.7. The summed E-state index contributed by atoms with van der Waals surface area (Å²) >= 11 is 5.40. The molecule has 0 atom stereocenters. The van der Waals surface area contributed by atoms with Crippen LogP contribution in [-0.4, -0.2) is 25.9 Å². The van der Waals surface area contributed by atoms with Crippen LogP contribution < -0.4 is 15.4 Å². The highest BCUT2D eigenvalue weighted by Crippen LogP contribution is 2.39. The van der Waals surface area contributed by atoms with Crippen molar-refractivity contribution in [1.29, 1.82) is 5.26 Å². The van der Waals surface area contributed by atoms with Gasteiger partial charge in [-0.2, -0.15) is 22.8 Å². The predicted octanol–water partition coefficient (Wildman–Crippen LogP) is 4.34. The highest BCUT2D eigenvalue weighted by atomic mass is 32.1. The fourth-order valence-electron chi connectivity index (χ4n) is 4.02. The lowest BCUT2D eigenvalue weighted by Crippen LogP contribution is -2.44. The summed E-state index contributed by atoms with van der Waals surface area (Å²) < 4.78 is 70.6. The molecule has 0 unspecified atom stereocenters. The average Bonchev–Trinajstić information content (AvgIpc) is 2.98. The number of carbonyl (C=O) groups excluding carboxylic acids is 1. The first-order valence-corrected chi connectivity index (χ1v) is 10.8. The Balaban J connectivity index is 1.89. The largest absolute Gasteiger partial charge is 0.417 e. The third kappa shape index (κ3) is 3.69. The van der Waals surface area contributed by atoms with E-state index in [1.54, 1.807) is 6.92 Å². The van der Waals surface area contributed by atoms with Gasteiger partial charge in [-0.05, 0) is 50.7 Å². The molecule has 1 aliphatic rings. The molecule has 186 valence electrons. The number of thiocarbonyl (C=S) groups is 1. The number of halogens is 5. The number of aromatic nitrogens is 2. The van der Waals surface area contributed by atoms with Crippen LogP contribution in [0, 0.1) is 23.0 Å². The third-order valence-corrected chi connectivity index (χ3v) is 6.19. The van der Waals surface area contributed by atoms with E-state index in [0.29, 0.717) is 10.5 Å². The van der Waals surface area contributed by atoms with Crippen molar-refractivity contribution >= 4 is 40.3 Å². The molecule has 2 aromatic heterocycles. The van der Waals surface area contributed by atoms with Gasteiger partial charge in [-0.25, -0.2) is 9.37 Å². The van der Waals surface area contributed by atoms with Crippen molar-refractivity contribution in [2.45, 2.75) is 38.9 Å². The molecule has 4 rings (SSSR count). The number of aryl methyl sites for hydroxylation is 1. The van der Waals surface area contributed by atoms with Gasteiger partial charge in [0.2, 0.25) is 5.82 Å². The van der Waals surface area contributed by atoms with E-state index in [9.17, 15) is 27.2 Å². The molecule has 7 nitrogen and oxygen atoms in total. The normalized spacial score (nSPS) is 15.6. The molecule has 3 aromatic rings. The summed E-state index contributed by atoms with van der Waals surface area (Å²) in [6, 6.07) is 5.08. The number of pyridine rings is 1. The summed E-state index contributed by atoms with van der Waals surface area (Å²) in [4.78, 5) is 31.7. The lowest BCUT2D eigenvalue weighted by molar-refractivity contribution is -0.137. The number of alkyl halides is 3. The van der Waals surface area contributed by atoms with Crippen molar-refractivity contribution in [3.05, 3.63) is 69.3 Å². The second-order valence-corrected chi connectivity index (χ2v) is 8.79. The Kier molecular flexibility index (Phi) is 5.83. The molecule has 1 aliphatic heterocycles. The lowest BCUT2D eigenvalue weighted by Gasteiger charge is -2.29. The fourth-order valence-corrected chi connectivity index (χ4v) is 4.55. The first kappa shape index (κ1) is 25.2. The van der Waals surface area contributed by atoms with Gasteiger partial charge in [-0.1, -0.05) is 6.92 Å². The van der Waals surface area contributed by atoms with Gasteiger partial charge in [0.05, 0.1) is 34.3 Å². The Hall–Kier alpha value is -3.92. The number of nitriles is 1. The van der Waals surface area contributed by atoms with E-state index in [4.69, 9.17) is 17.5 Å². The quantitative estimate of drug-likeness (QED) is 0.377. The van der Waals surface area contributed by atoms with Gasteiger partial charge in [0.25, 0.3) is 11.5 Å². The Morgan fingerprint density at radius 1 is 1.14 bits per heavy atom. The van der Waals surface area contributed by atoms with Gasteiger partial charge in [0.1, 0.15) is 5.54 Å². The van der Waals surface area contributed by atoms with Crippen molar-refractivity contribution in [2.75, 3.05) is 9.80 Å². The van der Waals surface area contributed by atoms with Gasteiger partial charge >= 0.3 is 6.18 Å². The number of rotatable bonds is 3. The van der Waals surface area contributed by atoms with Gasteiger partial charge in [0.15, 0.2) is 16.6 Å². The molecule has 0 aliphatic carbocycles. The summed E-state index contributed by atoms with van der Waals surface area (Å²) in [6.07, 6.45) is -3.77. The molecular formula is C23H16F5N5O2S. The number of amides is 1. The van der Waals surface area contributed by atoms with Crippen LogP contribution in [-0.2, 0) is 17.4 Å². The summed E-state index contributed by atoms with van der Waals surface area (Å²) in [7, 11) is 0. The summed E-state index contributed by atoms with van der Waals surface area (Å²) in [6.45, 7) is 4.35. The molecule has 36 heavy (non-hydrogen) atoms. The summed E-state index contributed by atoms with van der Waals surface area (Å²) in [5.41, 5.74) is -5.63. The van der Waals surface area contributed by atoms with Crippen LogP contribution in [0.15, 0.2) is 35.3 Å². The minimum atomic E-state index is -4.88. The van der Waals surface area contributed by atoms with Crippen LogP contribution in [0.4, 0.5) is 33.3 Å². The smallest absolute Gasteiger partial charge is 0.302 e. The first-order valence-electron chi connectivity index (χ1n) is 10.4. The summed E-state index contributed by atoms with van der Waals surface area (Å²) in [5.74, 6) is -2.91. The second kappa shape index (κ2) is 8.34. The van der Waals surface area contributed by atoms with Gasteiger partial charge in [-0.3, -0.25) is 18.9 Å². The Morgan fingerprint density at radius 3 is 2.39 bits per heavy atom. The SMILES string of the molecule is CCc1nc2c(F)cc(N3C(=S)N(c4ccc(C#N)c(C(F)(F)F)c4)C(=O)C3(C)C)cn2c(=O)c1F. The van der Waals surface area contributed by atoms with Crippen molar-refractivity contribution < 1.29 is 26.7 Å². The fraction of sp³-hybridized carbons (Fsp3) is 0.261. The number of hydrogen-bond acceptors (Lipinski definition) is 5. The molecular weight excluding hydrogens is 505 g/mol. The van der Waals surface area contributed by atoms with E-state index in [-0.39, 0.29) is 28.6 Å². The maximum absolute atomic E-state index is 15.0. The standard InChI is InChI=1S/C23H16F5N5O2S/c1-4-16-17(25)19(34)31-10-13(8-15(24)18(31)30-16)33-21(36)32(20(35)22(33,2)3)12-6-5-11(9-29)14(7-12)23(26,27)28/h5-8,10H,4H2,1-3H3. The number of nitrogens with zero attached hydrogens (tertiary/aromatic N) is 5. The van der Waals surface area contributed by atoms with Crippen molar-refractivity contribution in [3.63, 3.8) is 0 Å². The topological polar surface area (TPSA) is 81.7 Å². The predicted molar refractivity (Wildman–Crippen MR) is 124 cm³/mol. The minimum absolute atomic E-state index is 0.0516. The van der Waals surface area contributed by atoms with Crippen LogP contribution >= 0.6 is 12.2 Å². The molecule has 0 saturated carbocycles. The molecule has 13 heteroatoms. The zero-order valence-corrected chi connectivity index (χ0v) is 19.8. The number of benzene rings is 1. The third-order valence-electron chi connectivity index (χ3n) is 5.83. The average molecular weight is 521 g/mol. The lowest BCUT2D eigenvalue weighted by atomic mass is 10.0. The molecule has 0 radical (unpaired) electrons. The minimum Gasteiger partial charge on any atom is -0.302 e.